The first-order chi connectivity index (χ1) is 13.8. The van der Waals surface area contributed by atoms with Crippen LogP contribution in [0.1, 0.15) is 11.3 Å². The summed E-state index contributed by atoms with van der Waals surface area (Å²) in [4.78, 5) is 16.5. The molecule has 0 aliphatic carbocycles. The Kier molecular flexibility index (Phi) is 6.28. The van der Waals surface area contributed by atoms with E-state index in [0.29, 0.717) is 41.4 Å². The monoisotopic (exact) mass is 417 g/mol. The molecule has 3 aromatic rings. The number of aromatic nitrogens is 1. The van der Waals surface area contributed by atoms with Crippen LogP contribution in [-0.4, -0.2) is 32.1 Å². The third-order valence-corrected chi connectivity index (χ3v) is 4.60. The maximum atomic E-state index is 13.0. The number of hydrogen-bond acceptors (Lipinski definition) is 5. The highest BCUT2D eigenvalue weighted by atomic mass is 32.2. The Morgan fingerprint density at radius 1 is 1.14 bits per heavy atom. The van der Waals surface area contributed by atoms with Crippen LogP contribution in [-0.2, 0) is 27.7 Å². The van der Waals surface area contributed by atoms with Crippen LogP contribution in [0.25, 0.3) is 11.5 Å². The van der Waals surface area contributed by atoms with Gasteiger partial charge < -0.3 is 9.73 Å². The van der Waals surface area contributed by atoms with Gasteiger partial charge in [-0.05, 0) is 35.9 Å². The second-order valence-corrected chi connectivity index (χ2v) is 8.21. The molecule has 29 heavy (non-hydrogen) atoms. The van der Waals surface area contributed by atoms with Crippen LogP contribution in [0.3, 0.4) is 0 Å². The molecule has 7 nitrogen and oxygen atoms in total. The Morgan fingerprint density at radius 3 is 2.59 bits per heavy atom. The molecule has 0 fully saturated rings. The van der Waals surface area contributed by atoms with Crippen molar-refractivity contribution in [2.24, 2.45) is 0 Å². The van der Waals surface area contributed by atoms with Crippen molar-refractivity contribution in [2.75, 3.05) is 17.5 Å². The molecule has 0 radical (unpaired) electrons. The average Bonchev–Trinajstić information content (AvgIpc) is 3.12. The lowest BCUT2D eigenvalue weighted by molar-refractivity contribution is -0.120. The van der Waals surface area contributed by atoms with Crippen molar-refractivity contribution in [2.45, 2.75) is 12.8 Å². The Balaban J connectivity index is 1.53. The molecular formula is C20H20FN3O4S. The predicted molar refractivity (Wildman–Crippen MR) is 107 cm³/mol. The molecule has 0 atom stereocenters. The quantitative estimate of drug-likeness (QED) is 0.587. The Morgan fingerprint density at radius 2 is 1.86 bits per heavy atom. The van der Waals surface area contributed by atoms with Crippen molar-refractivity contribution in [3.63, 3.8) is 0 Å². The molecular weight excluding hydrogens is 397 g/mol. The zero-order valence-corrected chi connectivity index (χ0v) is 16.5. The molecule has 2 aromatic carbocycles. The highest BCUT2D eigenvalue weighted by molar-refractivity contribution is 7.92. The highest BCUT2D eigenvalue weighted by Crippen LogP contribution is 2.19. The maximum Gasteiger partial charge on any atom is 0.229 e. The van der Waals surface area contributed by atoms with E-state index in [-0.39, 0.29) is 18.1 Å². The van der Waals surface area contributed by atoms with Crippen LogP contribution in [0.15, 0.2) is 59.2 Å². The molecule has 1 amide bonds. The van der Waals surface area contributed by atoms with Crippen molar-refractivity contribution in [1.82, 2.24) is 10.3 Å². The smallest absolute Gasteiger partial charge is 0.229 e. The van der Waals surface area contributed by atoms with Gasteiger partial charge in [0.2, 0.25) is 21.8 Å². The summed E-state index contributed by atoms with van der Waals surface area (Å²) in [6.45, 7) is 0.343. The largest absolute Gasteiger partial charge is 0.444 e. The molecule has 0 aliphatic rings. The minimum atomic E-state index is -3.43. The second kappa shape index (κ2) is 8.87. The van der Waals surface area contributed by atoms with Gasteiger partial charge in [-0.25, -0.2) is 17.8 Å². The lowest BCUT2D eigenvalue weighted by Gasteiger charge is -2.10. The molecule has 0 spiro atoms. The number of sulfonamides is 1. The van der Waals surface area contributed by atoms with Crippen molar-refractivity contribution in [3.8, 4) is 11.5 Å². The molecule has 9 heteroatoms. The van der Waals surface area contributed by atoms with Crippen molar-refractivity contribution < 1.29 is 22.0 Å². The number of carbonyl (C=O) groups excluding carboxylic acids is 1. The normalized spacial score (nSPS) is 11.2. The summed E-state index contributed by atoms with van der Waals surface area (Å²) in [5.41, 5.74) is 2.28. The molecule has 0 saturated carbocycles. The van der Waals surface area contributed by atoms with Gasteiger partial charge in [0, 0.05) is 18.5 Å². The summed E-state index contributed by atoms with van der Waals surface area (Å²) in [5.74, 6) is -0.196. The number of amides is 1. The lowest BCUT2D eigenvalue weighted by atomic mass is 10.1. The third-order valence-electron chi connectivity index (χ3n) is 4.01. The van der Waals surface area contributed by atoms with Gasteiger partial charge in [-0.2, -0.15) is 0 Å². The number of rotatable bonds is 8. The molecule has 0 unspecified atom stereocenters. The van der Waals surface area contributed by atoms with E-state index < -0.39 is 10.0 Å². The van der Waals surface area contributed by atoms with E-state index in [1.165, 1.54) is 18.4 Å². The summed E-state index contributed by atoms with van der Waals surface area (Å²) in [7, 11) is -3.43. The molecule has 0 aliphatic heterocycles. The van der Waals surface area contributed by atoms with Gasteiger partial charge in [0.1, 0.15) is 12.1 Å². The van der Waals surface area contributed by atoms with E-state index in [0.717, 1.165) is 6.26 Å². The minimum Gasteiger partial charge on any atom is -0.444 e. The van der Waals surface area contributed by atoms with Crippen LogP contribution < -0.4 is 10.0 Å². The summed E-state index contributed by atoms with van der Waals surface area (Å²) in [6, 6.07) is 12.5. The zero-order valence-electron chi connectivity index (χ0n) is 15.7. The first-order valence-corrected chi connectivity index (χ1v) is 10.7. The zero-order chi connectivity index (χ0) is 20.9. The van der Waals surface area contributed by atoms with Gasteiger partial charge in [-0.3, -0.25) is 9.52 Å². The van der Waals surface area contributed by atoms with Gasteiger partial charge in [0.05, 0.1) is 24.1 Å². The number of nitrogens with one attached hydrogen (secondary N) is 2. The lowest BCUT2D eigenvalue weighted by Crippen LogP contribution is -2.27. The van der Waals surface area contributed by atoms with Crippen molar-refractivity contribution >= 4 is 21.6 Å². The van der Waals surface area contributed by atoms with E-state index >= 15 is 0 Å². The number of benzene rings is 2. The predicted octanol–water partition coefficient (Wildman–Crippen LogP) is 2.75. The van der Waals surface area contributed by atoms with Crippen LogP contribution in [0.4, 0.5) is 10.1 Å². The van der Waals surface area contributed by atoms with Crippen LogP contribution in [0.5, 0.6) is 0 Å². The fourth-order valence-corrected chi connectivity index (χ4v) is 3.28. The molecule has 0 saturated heterocycles. The molecule has 152 valence electrons. The summed E-state index contributed by atoms with van der Waals surface area (Å²) < 4.78 is 43.7. The minimum absolute atomic E-state index is 0.0400. The third kappa shape index (κ3) is 6.15. The second-order valence-electron chi connectivity index (χ2n) is 6.46. The number of anilines is 1. The van der Waals surface area contributed by atoms with E-state index in [1.54, 1.807) is 36.4 Å². The SMILES string of the molecule is CS(=O)(=O)Nc1ccccc1CC(=O)NCCc1coc(-c2ccc(F)cc2)n1. The number of hydrogen-bond donors (Lipinski definition) is 2. The number of carbonyl (C=O) groups is 1. The van der Waals surface area contributed by atoms with Crippen LogP contribution in [0, 0.1) is 5.82 Å². The fourth-order valence-electron chi connectivity index (χ4n) is 2.69. The Labute approximate surface area is 168 Å². The summed E-state index contributed by atoms with van der Waals surface area (Å²) >= 11 is 0. The number of halogens is 1. The van der Waals surface area contributed by atoms with Gasteiger partial charge in [-0.1, -0.05) is 18.2 Å². The van der Waals surface area contributed by atoms with E-state index in [9.17, 15) is 17.6 Å². The first-order valence-electron chi connectivity index (χ1n) is 8.83. The summed E-state index contributed by atoms with van der Waals surface area (Å²) in [6.07, 6.45) is 3.05. The number of nitrogens with zero attached hydrogens (tertiary/aromatic N) is 1. The Bertz CT molecular complexity index is 1090. The topological polar surface area (TPSA) is 101 Å². The standard InChI is InChI=1S/C20H20FN3O4S/c1-29(26,27)24-18-5-3-2-4-15(18)12-19(25)22-11-10-17-13-28-20(23-17)14-6-8-16(21)9-7-14/h2-9,13,24H,10-12H2,1H3,(H,22,25). The Hall–Kier alpha value is -3.20. The molecule has 2 N–H and O–H groups in total. The summed E-state index contributed by atoms with van der Waals surface area (Å²) in [5, 5.41) is 2.78. The van der Waals surface area contributed by atoms with Crippen LogP contribution in [0.2, 0.25) is 0 Å². The van der Waals surface area contributed by atoms with Crippen molar-refractivity contribution in [3.05, 3.63) is 71.9 Å². The van der Waals surface area contributed by atoms with Gasteiger partial charge in [-0.15, -0.1) is 0 Å². The van der Waals surface area contributed by atoms with Crippen molar-refractivity contribution in [1.29, 1.82) is 0 Å². The van der Waals surface area contributed by atoms with Gasteiger partial charge in [0.25, 0.3) is 0 Å². The maximum absolute atomic E-state index is 13.0. The number of oxazole rings is 1. The van der Waals surface area contributed by atoms with Gasteiger partial charge in [0.15, 0.2) is 0 Å². The molecule has 1 heterocycles. The molecule has 1 aromatic heterocycles. The van der Waals surface area contributed by atoms with E-state index in [1.807, 2.05) is 0 Å². The first kappa shape index (κ1) is 20.5. The van der Waals surface area contributed by atoms with E-state index in [2.05, 4.69) is 15.0 Å². The highest BCUT2D eigenvalue weighted by Gasteiger charge is 2.11. The molecule has 3 rings (SSSR count). The van der Waals surface area contributed by atoms with E-state index in [4.69, 9.17) is 4.42 Å². The van der Waals surface area contributed by atoms with Gasteiger partial charge >= 0.3 is 0 Å². The van der Waals surface area contributed by atoms with Crippen LogP contribution >= 0.6 is 0 Å². The average molecular weight is 417 g/mol. The molecule has 0 bridgehead atoms. The fraction of sp³-hybridized carbons (Fsp3) is 0.200. The number of para-hydroxylation sites is 1.